The van der Waals surface area contributed by atoms with Gasteiger partial charge in [0.2, 0.25) is 5.91 Å². The van der Waals surface area contributed by atoms with Gasteiger partial charge in [-0.1, -0.05) is 33.1 Å². The molecule has 1 aromatic rings. The highest BCUT2D eigenvalue weighted by Gasteiger charge is 2.40. The predicted octanol–water partition coefficient (Wildman–Crippen LogP) is 3.78. The van der Waals surface area contributed by atoms with Crippen molar-refractivity contribution < 1.29 is 4.79 Å². The number of hydrogen-bond donors (Lipinski definition) is 1. The van der Waals surface area contributed by atoms with Crippen LogP contribution in [0, 0.1) is 11.8 Å². The van der Waals surface area contributed by atoms with Crippen molar-refractivity contribution in [2.45, 2.75) is 58.2 Å². The van der Waals surface area contributed by atoms with Gasteiger partial charge in [-0.15, -0.1) is 0 Å². The minimum Gasteiger partial charge on any atom is -0.321 e. The van der Waals surface area contributed by atoms with Crippen LogP contribution in [-0.4, -0.2) is 23.4 Å². The van der Waals surface area contributed by atoms with Crippen molar-refractivity contribution in [2.75, 3.05) is 6.54 Å². The van der Waals surface area contributed by atoms with Crippen molar-refractivity contribution in [3.05, 3.63) is 22.4 Å². The topological polar surface area (TPSA) is 32.3 Å². The molecule has 0 radical (unpaired) electrons. The van der Waals surface area contributed by atoms with Crippen molar-refractivity contribution in [3.63, 3.8) is 0 Å². The second-order valence-corrected chi connectivity index (χ2v) is 7.38. The van der Waals surface area contributed by atoms with Crippen LogP contribution < -0.4 is 5.32 Å². The van der Waals surface area contributed by atoms with E-state index in [9.17, 15) is 4.79 Å². The highest BCUT2D eigenvalue weighted by molar-refractivity contribution is 7.07. The average molecular weight is 306 g/mol. The van der Waals surface area contributed by atoms with Crippen LogP contribution in [-0.2, 0) is 4.79 Å². The molecule has 4 atom stereocenters. The summed E-state index contributed by atoms with van der Waals surface area (Å²) in [6, 6.07) is 2.14. The molecule has 1 amide bonds. The summed E-state index contributed by atoms with van der Waals surface area (Å²) in [5.74, 6) is 1.71. The summed E-state index contributed by atoms with van der Waals surface area (Å²) in [5.41, 5.74) is 1.24. The Labute approximate surface area is 131 Å². The van der Waals surface area contributed by atoms with Gasteiger partial charge in [-0.3, -0.25) is 10.1 Å². The molecule has 0 aromatic carbocycles. The lowest BCUT2D eigenvalue weighted by Gasteiger charge is -2.34. The molecule has 3 rings (SSSR count). The first-order chi connectivity index (χ1) is 10.2. The maximum atomic E-state index is 12.7. The zero-order valence-electron chi connectivity index (χ0n) is 13.0. The van der Waals surface area contributed by atoms with E-state index in [0.717, 1.165) is 18.9 Å². The van der Waals surface area contributed by atoms with E-state index in [0.29, 0.717) is 11.8 Å². The number of nitrogens with one attached hydrogen (secondary N) is 1. The number of carbonyl (C=O) groups is 1. The van der Waals surface area contributed by atoms with Crippen LogP contribution >= 0.6 is 11.3 Å². The van der Waals surface area contributed by atoms with E-state index in [2.05, 4.69) is 40.9 Å². The minimum atomic E-state index is -0.00574. The van der Waals surface area contributed by atoms with Crippen LogP contribution in [0.25, 0.3) is 0 Å². The Hall–Kier alpha value is -0.870. The van der Waals surface area contributed by atoms with Crippen LogP contribution in [0.1, 0.15) is 57.7 Å². The SMILES string of the molecule is CCC1NC(c2ccsc2)N(CC2CCCCC2C)C1=O. The van der Waals surface area contributed by atoms with Crippen LogP contribution in [0.3, 0.4) is 0 Å². The maximum absolute atomic E-state index is 12.7. The molecule has 2 heterocycles. The Kier molecular flexibility index (Phi) is 4.65. The monoisotopic (exact) mass is 306 g/mol. The van der Waals surface area contributed by atoms with Gasteiger partial charge in [0.25, 0.3) is 0 Å². The molecule has 1 aliphatic carbocycles. The third-order valence-electron chi connectivity index (χ3n) is 5.24. The number of rotatable bonds is 4. The summed E-state index contributed by atoms with van der Waals surface area (Å²) in [4.78, 5) is 14.8. The van der Waals surface area contributed by atoms with Crippen molar-refractivity contribution in [3.8, 4) is 0 Å². The quantitative estimate of drug-likeness (QED) is 0.918. The fraction of sp³-hybridized carbons (Fsp3) is 0.706. The van der Waals surface area contributed by atoms with E-state index in [-0.39, 0.29) is 12.2 Å². The molecule has 1 N–H and O–H groups in total. The Morgan fingerprint density at radius 1 is 1.38 bits per heavy atom. The normalized spacial score (nSPS) is 33.6. The molecular formula is C17H26N2OS. The summed E-state index contributed by atoms with van der Waals surface area (Å²) >= 11 is 1.71. The van der Waals surface area contributed by atoms with Gasteiger partial charge in [0, 0.05) is 6.54 Å². The van der Waals surface area contributed by atoms with E-state index in [1.54, 1.807) is 11.3 Å². The van der Waals surface area contributed by atoms with Crippen molar-refractivity contribution >= 4 is 17.2 Å². The first-order valence-electron chi connectivity index (χ1n) is 8.29. The van der Waals surface area contributed by atoms with Gasteiger partial charge >= 0.3 is 0 Å². The first-order valence-corrected chi connectivity index (χ1v) is 9.23. The number of hydrogen-bond acceptors (Lipinski definition) is 3. The lowest BCUT2D eigenvalue weighted by atomic mass is 9.80. The molecule has 0 spiro atoms. The van der Waals surface area contributed by atoms with Crippen molar-refractivity contribution in [2.24, 2.45) is 11.8 Å². The van der Waals surface area contributed by atoms with Crippen LogP contribution in [0.2, 0.25) is 0 Å². The van der Waals surface area contributed by atoms with E-state index < -0.39 is 0 Å². The molecule has 1 saturated carbocycles. The minimum absolute atomic E-state index is 0.00574. The summed E-state index contributed by atoms with van der Waals surface area (Å²) in [7, 11) is 0. The molecule has 1 aliphatic heterocycles. The van der Waals surface area contributed by atoms with Gasteiger partial charge in [-0.05, 0) is 47.1 Å². The summed E-state index contributed by atoms with van der Waals surface area (Å²) in [6.07, 6.45) is 6.23. The molecule has 1 saturated heterocycles. The molecule has 3 nitrogen and oxygen atoms in total. The Balaban J connectivity index is 1.77. The van der Waals surface area contributed by atoms with E-state index in [1.165, 1.54) is 31.2 Å². The molecule has 2 fully saturated rings. The molecule has 2 aliphatic rings. The molecular weight excluding hydrogens is 280 g/mol. The molecule has 4 heteroatoms. The van der Waals surface area contributed by atoms with Crippen molar-refractivity contribution in [1.82, 2.24) is 10.2 Å². The Bertz CT molecular complexity index is 473. The van der Waals surface area contributed by atoms with Gasteiger partial charge in [-0.2, -0.15) is 11.3 Å². The van der Waals surface area contributed by atoms with Gasteiger partial charge < -0.3 is 4.90 Å². The molecule has 0 bridgehead atoms. The standard InChI is InChI=1S/C17H26N2OS/c1-3-15-17(20)19(10-13-7-5-4-6-12(13)2)16(18-15)14-8-9-21-11-14/h8-9,11-13,15-16,18H,3-7,10H2,1-2H3. The Morgan fingerprint density at radius 2 is 2.19 bits per heavy atom. The second-order valence-electron chi connectivity index (χ2n) is 6.60. The first kappa shape index (κ1) is 15.0. The molecule has 4 unspecified atom stereocenters. The fourth-order valence-corrected chi connectivity index (χ4v) is 4.47. The van der Waals surface area contributed by atoms with Crippen LogP contribution in [0.5, 0.6) is 0 Å². The molecule has 1 aromatic heterocycles. The molecule has 116 valence electrons. The van der Waals surface area contributed by atoms with Gasteiger partial charge in [0.1, 0.15) is 6.17 Å². The maximum Gasteiger partial charge on any atom is 0.241 e. The van der Waals surface area contributed by atoms with Crippen LogP contribution in [0.15, 0.2) is 16.8 Å². The van der Waals surface area contributed by atoms with E-state index in [1.807, 2.05) is 0 Å². The smallest absolute Gasteiger partial charge is 0.241 e. The van der Waals surface area contributed by atoms with Gasteiger partial charge in [0.15, 0.2) is 0 Å². The lowest BCUT2D eigenvalue weighted by molar-refractivity contribution is -0.131. The molecule has 21 heavy (non-hydrogen) atoms. The lowest BCUT2D eigenvalue weighted by Crippen LogP contribution is -2.37. The van der Waals surface area contributed by atoms with E-state index >= 15 is 0 Å². The number of carbonyl (C=O) groups excluding carboxylic acids is 1. The third-order valence-corrected chi connectivity index (χ3v) is 5.94. The number of amides is 1. The number of thiophene rings is 1. The zero-order valence-corrected chi connectivity index (χ0v) is 13.9. The Morgan fingerprint density at radius 3 is 2.86 bits per heavy atom. The summed E-state index contributed by atoms with van der Waals surface area (Å²) in [6.45, 7) is 5.37. The van der Waals surface area contributed by atoms with Crippen LogP contribution in [0.4, 0.5) is 0 Å². The highest BCUT2D eigenvalue weighted by atomic mass is 32.1. The number of nitrogens with zero attached hydrogens (tertiary/aromatic N) is 1. The van der Waals surface area contributed by atoms with Gasteiger partial charge in [0.05, 0.1) is 6.04 Å². The third kappa shape index (κ3) is 3.02. The zero-order chi connectivity index (χ0) is 14.8. The highest BCUT2D eigenvalue weighted by Crippen LogP contribution is 2.34. The summed E-state index contributed by atoms with van der Waals surface area (Å²) in [5, 5.41) is 7.80. The second kappa shape index (κ2) is 6.49. The largest absolute Gasteiger partial charge is 0.321 e. The van der Waals surface area contributed by atoms with Crippen molar-refractivity contribution in [1.29, 1.82) is 0 Å². The fourth-order valence-electron chi connectivity index (χ4n) is 3.79. The summed E-state index contributed by atoms with van der Waals surface area (Å²) < 4.78 is 0. The van der Waals surface area contributed by atoms with E-state index in [4.69, 9.17) is 0 Å². The van der Waals surface area contributed by atoms with Gasteiger partial charge in [-0.25, -0.2) is 0 Å². The predicted molar refractivity (Wildman–Crippen MR) is 87.1 cm³/mol. The average Bonchev–Trinajstić information content (AvgIpc) is 3.11.